The van der Waals surface area contributed by atoms with Gasteiger partial charge in [-0.05, 0) is 36.2 Å². The molecule has 4 rings (SSSR count). The van der Waals surface area contributed by atoms with Crippen LogP contribution in [0.15, 0.2) is 42.5 Å². The summed E-state index contributed by atoms with van der Waals surface area (Å²) in [6.07, 6.45) is 0.988. The van der Waals surface area contributed by atoms with Crippen LogP contribution < -0.4 is 9.80 Å². The second-order valence-corrected chi connectivity index (χ2v) is 9.09. The predicted molar refractivity (Wildman–Crippen MR) is 118 cm³/mol. The van der Waals surface area contributed by atoms with Crippen molar-refractivity contribution in [2.24, 2.45) is 0 Å². The van der Waals surface area contributed by atoms with Gasteiger partial charge in [-0.2, -0.15) is 0 Å². The molecule has 0 aliphatic carbocycles. The molecule has 0 radical (unpaired) electrons. The Labute approximate surface area is 172 Å². The maximum atomic E-state index is 13.4. The number of anilines is 1. The molecular weight excluding hydrogens is 388 g/mol. The van der Waals surface area contributed by atoms with E-state index in [1.807, 2.05) is 30.3 Å². The normalized spacial score (nSPS) is 11.6. The van der Waals surface area contributed by atoms with Gasteiger partial charge < -0.3 is 4.90 Å². The minimum absolute atomic E-state index is 0.0720. The van der Waals surface area contributed by atoms with E-state index in [0.29, 0.717) is 11.6 Å². The molecule has 0 bridgehead atoms. The molecule has 7 heteroatoms. The van der Waals surface area contributed by atoms with Crippen molar-refractivity contribution in [2.45, 2.75) is 13.3 Å². The SMILES string of the molecule is CCc1ccc2nc(N(CC[NH+](C)C)C(=O)c3nc4ccccc4s3)sc2c1. The minimum Gasteiger partial charge on any atom is -0.338 e. The highest BCUT2D eigenvalue weighted by molar-refractivity contribution is 7.23. The smallest absolute Gasteiger partial charge is 0.289 e. The van der Waals surface area contributed by atoms with Crippen molar-refractivity contribution in [2.75, 3.05) is 32.1 Å². The highest BCUT2D eigenvalue weighted by Gasteiger charge is 2.25. The van der Waals surface area contributed by atoms with Crippen LogP contribution in [0.1, 0.15) is 22.3 Å². The number of quaternary nitrogens is 1. The Morgan fingerprint density at radius 1 is 1.04 bits per heavy atom. The number of nitrogens with one attached hydrogen (secondary N) is 1. The number of carbonyl (C=O) groups is 1. The number of benzene rings is 2. The van der Waals surface area contributed by atoms with Crippen molar-refractivity contribution in [3.63, 3.8) is 0 Å². The number of nitrogens with zero attached hydrogens (tertiary/aromatic N) is 3. The van der Waals surface area contributed by atoms with Crippen LogP contribution in [0.3, 0.4) is 0 Å². The van der Waals surface area contributed by atoms with Crippen molar-refractivity contribution in [3.8, 4) is 0 Å². The number of thiazole rings is 2. The maximum absolute atomic E-state index is 13.4. The molecule has 144 valence electrons. The molecule has 2 aromatic carbocycles. The molecule has 5 nitrogen and oxygen atoms in total. The maximum Gasteiger partial charge on any atom is 0.289 e. The van der Waals surface area contributed by atoms with E-state index >= 15 is 0 Å². The monoisotopic (exact) mass is 411 g/mol. The molecule has 1 N–H and O–H groups in total. The molecule has 0 unspecified atom stereocenters. The third-order valence-electron chi connectivity index (χ3n) is 4.64. The van der Waals surface area contributed by atoms with E-state index in [1.165, 1.54) is 21.8 Å². The summed E-state index contributed by atoms with van der Waals surface area (Å²) in [5.74, 6) is -0.0720. The van der Waals surface area contributed by atoms with E-state index in [2.05, 4.69) is 38.1 Å². The van der Waals surface area contributed by atoms with Gasteiger partial charge in [0.2, 0.25) is 0 Å². The Bertz CT molecular complexity index is 1100. The van der Waals surface area contributed by atoms with Gasteiger partial charge in [0.25, 0.3) is 5.91 Å². The molecule has 0 saturated carbocycles. The third kappa shape index (κ3) is 3.78. The molecule has 0 saturated heterocycles. The Hall–Kier alpha value is -2.35. The fourth-order valence-electron chi connectivity index (χ4n) is 2.99. The number of hydrogen-bond donors (Lipinski definition) is 1. The van der Waals surface area contributed by atoms with Gasteiger partial charge in [-0.15, -0.1) is 11.3 Å². The second-order valence-electron chi connectivity index (χ2n) is 7.05. The molecule has 0 spiro atoms. The van der Waals surface area contributed by atoms with Crippen LogP contribution in [-0.4, -0.2) is 43.1 Å². The molecular formula is C21H23N4OS2+. The number of aromatic nitrogens is 2. The lowest BCUT2D eigenvalue weighted by Crippen LogP contribution is -3.06. The lowest BCUT2D eigenvalue weighted by Gasteiger charge is -2.19. The Morgan fingerprint density at radius 2 is 1.82 bits per heavy atom. The second kappa shape index (κ2) is 7.95. The molecule has 2 aromatic heterocycles. The topological polar surface area (TPSA) is 50.5 Å². The van der Waals surface area contributed by atoms with Crippen LogP contribution in [-0.2, 0) is 6.42 Å². The van der Waals surface area contributed by atoms with Gasteiger partial charge in [-0.25, -0.2) is 9.97 Å². The van der Waals surface area contributed by atoms with Crippen molar-refractivity contribution < 1.29 is 9.69 Å². The summed E-state index contributed by atoms with van der Waals surface area (Å²) in [7, 11) is 4.18. The van der Waals surface area contributed by atoms with Gasteiger partial charge >= 0.3 is 0 Å². The minimum atomic E-state index is -0.0720. The van der Waals surface area contributed by atoms with Gasteiger partial charge in [0, 0.05) is 0 Å². The van der Waals surface area contributed by atoms with E-state index in [-0.39, 0.29) is 5.91 Å². The lowest BCUT2D eigenvalue weighted by atomic mass is 10.2. The largest absolute Gasteiger partial charge is 0.338 e. The molecule has 0 fully saturated rings. The summed E-state index contributed by atoms with van der Waals surface area (Å²) in [4.78, 5) is 25.8. The van der Waals surface area contributed by atoms with E-state index in [9.17, 15) is 4.79 Å². The third-order valence-corrected chi connectivity index (χ3v) is 6.70. The summed E-state index contributed by atoms with van der Waals surface area (Å²) in [6, 6.07) is 14.2. The van der Waals surface area contributed by atoms with Crippen LogP contribution in [0.25, 0.3) is 20.4 Å². The fourth-order valence-corrected chi connectivity index (χ4v) is 4.96. The number of amides is 1. The quantitative estimate of drug-likeness (QED) is 0.530. The molecule has 28 heavy (non-hydrogen) atoms. The molecule has 1 amide bonds. The van der Waals surface area contributed by atoms with Gasteiger partial charge in [-0.1, -0.05) is 36.5 Å². The average Bonchev–Trinajstić information content (AvgIpc) is 3.31. The first-order chi connectivity index (χ1) is 13.5. The molecule has 0 atom stereocenters. The number of carbonyl (C=O) groups excluding carboxylic acids is 1. The highest BCUT2D eigenvalue weighted by Crippen LogP contribution is 2.31. The number of likely N-dealkylation sites (N-methyl/N-ethyl adjacent to an activating group) is 1. The highest BCUT2D eigenvalue weighted by atomic mass is 32.1. The van der Waals surface area contributed by atoms with Crippen LogP contribution in [0.2, 0.25) is 0 Å². The van der Waals surface area contributed by atoms with Gasteiger partial charge in [0.05, 0.1) is 47.6 Å². The van der Waals surface area contributed by atoms with Gasteiger partial charge in [0.15, 0.2) is 10.1 Å². The van der Waals surface area contributed by atoms with Gasteiger partial charge in [-0.3, -0.25) is 9.69 Å². The van der Waals surface area contributed by atoms with Crippen LogP contribution in [0, 0.1) is 0 Å². The van der Waals surface area contributed by atoms with Crippen LogP contribution in [0.5, 0.6) is 0 Å². The van der Waals surface area contributed by atoms with Crippen LogP contribution >= 0.6 is 22.7 Å². The first kappa shape index (κ1) is 19.0. The predicted octanol–water partition coefficient (Wildman–Crippen LogP) is 3.26. The molecule has 2 heterocycles. The number of rotatable bonds is 6. The van der Waals surface area contributed by atoms with Crippen molar-refractivity contribution in [1.29, 1.82) is 0 Å². The van der Waals surface area contributed by atoms with E-state index in [1.54, 1.807) is 16.2 Å². The number of aryl methyl sites for hydroxylation is 1. The molecule has 0 aliphatic rings. The van der Waals surface area contributed by atoms with Gasteiger partial charge in [0.1, 0.15) is 0 Å². The van der Waals surface area contributed by atoms with Crippen molar-refractivity contribution >= 4 is 54.1 Å². The van der Waals surface area contributed by atoms with E-state index in [0.717, 1.165) is 38.5 Å². The fraction of sp³-hybridized carbons (Fsp3) is 0.286. The zero-order valence-corrected chi connectivity index (χ0v) is 17.9. The Balaban J connectivity index is 1.72. The Morgan fingerprint density at radius 3 is 2.57 bits per heavy atom. The summed E-state index contributed by atoms with van der Waals surface area (Å²) in [6.45, 7) is 3.59. The molecule has 0 aliphatic heterocycles. The average molecular weight is 412 g/mol. The van der Waals surface area contributed by atoms with E-state index in [4.69, 9.17) is 4.98 Å². The summed E-state index contributed by atoms with van der Waals surface area (Å²) in [5, 5.41) is 1.26. The number of fused-ring (bicyclic) bond motifs is 2. The number of hydrogen-bond acceptors (Lipinski definition) is 5. The zero-order valence-electron chi connectivity index (χ0n) is 16.2. The number of para-hydroxylation sites is 1. The summed E-state index contributed by atoms with van der Waals surface area (Å²) < 4.78 is 2.15. The first-order valence-electron chi connectivity index (χ1n) is 9.41. The van der Waals surface area contributed by atoms with Crippen LogP contribution in [0.4, 0.5) is 5.13 Å². The Kier molecular flexibility index (Phi) is 5.39. The molecule has 4 aromatic rings. The first-order valence-corrected chi connectivity index (χ1v) is 11.0. The zero-order chi connectivity index (χ0) is 19.7. The summed E-state index contributed by atoms with van der Waals surface area (Å²) in [5.41, 5.74) is 3.09. The van der Waals surface area contributed by atoms with Crippen molar-refractivity contribution in [1.82, 2.24) is 9.97 Å². The lowest BCUT2D eigenvalue weighted by molar-refractivity contribution is -0.856. The van der Waals surface area contributed by atoms with E-state index < -0.39 is 0 Å². The standard InChI is InChI=1S/C21H22N4OS2/c1-4-14-9-10-16-18(13-14)28-21(23-16)25(12-11-24(2)3)20(26)19-22-15-7-5-6-8-17(15)27-19/h5-10,13H,4,11-12H2,1-3H3/p+1. The van der Waals surface area contributed by atoms with Crippen molar-refractivity contribution in [3.05, 3.63) is 53.0 Å². The summed E-state index contributed by atoms with van der Waals surface area (Å²) >= 11 is 3.02.